The molecule has 1 atom stereocenters. The van der Waals surface area contributed by atoms with Gasteiger partial charge in [-0.1, -0.05) is 11.6 Å². The molecule has 100 valence electrons. The highest BCUT2D eigenvalue weighted by atomic mass is 35.5. The molecule has 0 bridgehead atoms. The lowest BCUT2D eigenvalue weighted by atomic mass is 10.2. The van der Waals surface area contributed by atoms with Crippen molar-refractivity contribution >= 4 is 29.7 Å². The first-order chi connectivity index (χ1) is 8.99. The number of aromatic nitrogens is 3. The molecule has 1 amide bonds. The first-order valence-corrected chi connectivity index (χ1v) is 6.45. The molecule has 0 aliphatic carbocycles. The number of H-pyrrole nitrogens is 1. The molecule has 1 aromatic heterocycles. The summed E-state index contributed by atoms with van der Waals surface area (Å²) >= 11 is 10.8. The van der Waals surface area contributed by atoms with Gasteiger partial charge in [-0.15, -0.1) is 0 Å². The number of carbonyl (C=O) groups is 1. The van der Waals surface area contributed by atoms with Crippen molar-refractivity contribution in [1.82, 2.24) is 20.1 Å². The number of rotatable bonds is 3. The third kappa shape index (κ3) is 3.02. The molecule has 2 rings (SSSR count). The number of hydrogen-bond acceptors (Lipinski definition) is 3. The topological polar surface area (TPSA) is 62.7 Å². The molecule has 7 heteroatoms. The van der Waals surface area contributed by atoms with E-state index < -0.39 is 0 Å². The molecule has 2 N–H and O–H groups in total. The van der Waals surface area contributed by atoms with Crippen LogP contribution in [0.4, 0.5) is 0 Å². The van der Waals surface area contributed by atoms with E-state index in [4.69, 9.17) is 23.8 Å². The van der Waals surface area contributed by atoms with Crippen molar-refractivity contribution in [1.29, 1.82) is 0 Å². The lowest BCUT2D eigenvalue weighted by molar-refractivity contribution is 0.0938. The molecule has 0 spiro atoms. The van der Waals surface area contributed by atoms with Gasteiger partial charge in [0.15, 0.2) is 10.6 Å². The minimum absolute atomic E-state index is 0.182. The van der Waals surface area contributed by atoms with E-state index in [1.807, 2.05) is 6.92 Å². The molecule has 0 fully saturated rings. The largest absolute Gasteiger partial charge is 0.342 e. The van der Waals surface area contributed by atoms with Gasteiger partial charge in [-0.3, -0.25) is 9.89 Å². The summed E-state index contributed by atoms with van der Waals surface area (Å²) < 4.78 is 2.24. The van der Waals surface area contributed by atoms with Crippen molar-refractivity contribution in [3.05, 3.63) is 45.4 Å². The van der Waals surface area contributed by atoms with Crippen molar-refractivity contribution in [2.24, 2.45) is 7.05 Å². The summed E-state index contributed by atoms with van der Waals surface area (Å²) in [7, 11) is 1.80. The first-order valence-electron chi connectivity index (χ1n) is 5.66. The fraction of sp³-hybridized carbons (Fsp3) is 0.250. The van der Waals surface area contributed by atoms with Gasteiger partial charge in [0.25, 0.3) is 5.91 Å². The first kappa shape index (κ1) is 13.8. The molecular weight excluding hydrogens is 284 g/mol. The zero-order chi connectivity index (χ0) is 14.0. The van der Waals surface area contributed by atoms with Crippen molar-refractivity contribution < 1.29 is 4.79 Å². The Labute approximate surface area is 120 Å². The smallest absolute Gasteiger partial charge is 0.251 e. The normalized spacial score (nSPS) is 12.2. The lowest BCUT2D eigenvalue weighted by Crippen LogP contribution is -2.28. The van der Waals surface area contributed by atoms with E-state index in [2.05, 4.69) is 15.5 Å². The van der Waals surface area contributed by atoms with Gasteiger partial charge >= 0.3 is 0 Å². The van der Waals surface area contributed by atoms with Crippen LogP contribution in [0, 0.1) is 4.77 Å². The van der Waals surface area contributed by atoms with E-state index in [-0.39, 0.29) is 11.9 Å². The van der Waals surface area contributed by atoms with Gasteiger partial charge in [-0.25, -0.2) is 0 Å². The molecule has 5 nitrogen and oxygen atoms in total. The van der Waals surface area contributed by atoms with Gasteiger partial charge in [0.1, 0.15) is 0 Å². The van der Waals surface area contributed by atoms with Gasteiger partial charge in [-0.2, -0.15) is 5.10 Å². The number of carbonyl (C=O) groups excluding carboxylic acids is 1. The maximum atomic E-state index is 12.0. The molecule has 19 heavy (non-hydrogen) atoms. The van der Waals surface area contributed by atoms with Crippen LogP contribution in [0.2, 0.25) is 5.02 Å². The highest BCUT2D eigenvalue weighted by molar-refractivity contribution is 7.71. The van der Waals surface area contributed by atoms with Crippen LogP contribution in [0.15, 0.2) is 24.3 Å². The molecule has 1 aromatic carbocycles. The lowest BCUT2D eigenvalue weighted by Gasteiger charge is -2.13. The monoisotopic (exact) mass is 296 g/mol. The van der Waals surface area contributed by atoms with E-state index >= 15 is 0 Å². The highest BCUT2D eigenvalue weighted by Crippen LogP contribution is 2.12. The maximum Gasteiger partial charge on any atom is 0.251 e. The third-order valence-corrected chi connectivity index (χ3v) is 3.37. The Kier molecular flexibility index (Phi) is 4.01. The van der Waals surface area contributed by atoms with Gasteiger partial charge in [-0.05, 0) is 43.4 Å². The zero-order valence-electron chi connectivity index (χ0n) is 10.5. The minimum Gasteiger partial charge on any atom is -0.342 e. The predicted octanol–water partition coefficient (Wildman–Crippen LogP) is 2.62. The third-order valence-electron chi connectivity index (χ3n) is 2.76. The number of benzene rings is 1. The van der Waals surface area contributed by atoms with Crippen molar-refractivity contribution in [3.8, 4) is 0 Å². The van der Waals surface area contributed by atoms with Crippen LogP contribution >= 0.6 is 23.8 Å². The van der Waals surface area contributed by atoms with Crippen LogP contribution in [0.3, 0.4) is 0 Å². The van der Waals surface area contributed by atoms with E-state index in [0.29, 0.717) is 21.2 Å². The van der Waals surface area contributed by atoms with Crippen LogP contribution in [0.1, 0.15) is 29.1 Å². The summed E-state index contributed by atoms with van der Waals surface area (Å²) in [5, 5.41) is 10.2. The molecule has 0 radical (unpaired) electrons. The van der Waals surface area contributed by atoms with Crippen molar-refractivity contribution in [2.45, 2.75) is 13.0 Å². The molecular formula is C12H13ClN4OS. The number of aromatic amines is 1. The summed E-state index contributed by atoms with van der Waals surface area (Å²) in [6.07, 6.45) is 0. The Morgan fingerprint density at radius 1 is 1.47 bits per heavy atom. The molecule has 2 aromatic rings. The SMILES string of the molecule is C[C@@H](NC(=O)c1ccc(Cl)cc1)c1n[nH]c(=S)n1C. The van der Waals surface area contributed by atoms with E-state index in [1.165, 1.54) is 0 Å². The second kappa shape index (κ2) is 5.54. The average Bonchev–Trinajstić information content (AvgIpc) is 2.70. The van der Waals surface area contributed by atoms with Crippen LogP contribution in [-0.4, -0.2) is 20.7 Å². The second-order valence-corrected chi connectivity index (χ2v) is 4.97. The number of nitrogens with one attached hydrogen (secondary N) is 2. The maximum absolute atomic E-state index is 12.0. The number of amides is 1. The van der Waals surface area contributed by atoms with Gasteiger partial charge in [0, 0.05) is 17.6 Å². The van der Waals surface area contributed by atoms with Crippen LogP contribution < -0.4 is 5.32 Å². The Balaban J connectivity index is 2.13. The molecule has 0 saturated carbocycles. The Bertz CT molecular complexity index is 646. The summed E-state index contributed by atoms with van der Waals surface area (Å²) in [6.45, 7) is 1.85. The Morgan fingerprint density at radius 3 is 2.63 bits per heavy atom. The fourth-order valence-corrected chi connectivity index (χ4v) is 1.96. The number of halogens is 1. The van der Waals surface area contributed by atoms with Crippen LogP contribution in [-0.2, 0) is 7.05 Å². The number of nitrogens with zero attached hydrogens (tertiary/aromatic N) is 2. The molecule has 0 aliphatic rings. The Hall–Kier alpha value is -1.66. The summed E-state index contributed by atoms with van der Waals surface area (Å²) in [5.41, 5.74) is 0.549. The van der Waals surface area contributed by atoms with Gasteiger partial charge in [0.2, 0.25) is 0 Å². The highest BCUT2D eigenvalue weighted by Gasteiger charge is 2.15. The second-order valence-electron chi connectivity index (χ2n) is 4.15. The standard InChI is InChI=1S/C12H13ClN4OS/c1-7(10-15-16-12(19)17(10)2)14-11(18)8-3-5-9(13)6-4-8/h3-7H,1-2H3,(H,14,18)(H,16,19)/t7-/m1/s1. The van der Waals surface area contributed by atoms with Gasteiger partial charge < -0.3 is 9.88 Å². The minimum atomic E-state index is -0.249. The van der Waals surface area contributed by atoms with Crippen LogP contribution in [0.25, 0.3) is 0 Å². The van der Waals surface area contributed by atoms with Crippen LogP contribution in [0.5, 0.6) is 0 Å². The van der Waals surface area contributed by atoms with Crippen molar-refractivity contribution in [2.75, 3.05) is 0 Å². The van der Waals surface area contributed by atoms with E-state index in [1.54, 1.807) is 35.9 Å². The summed E-state index contributed by atoms with van der Waals surface area (Å²) in [5.74, 6) is 0.491. The quantitative estimate of drug-likeness (QED) is 0.856. The summed E-state index contributed by atoms with van der Waals surface area (Å²) in [4.78, 5) is 12.0. The fourth-order valence-electron chi connectivity index (χ4n) is 1.69. The van der Waals surface area contributed by atoms with Gasteiger partial charge in [0.05, 0.1) is 6.04 Å². The number of hydrogen-bond donors (Lipinski definition) is 2. The molecule has 0 aliphatic heterocycles. The van der Waals surface area contributed by atoms with E-state index in [0.717, 1.165) is 0 Å². The average molecular weight is 297 g/mol. The molecule has 0 saturated heterocycles. The van der Waals surface area contributed by atoms with E-state index in [9.17, 15) is 4.79 Å². The zero-order valence-corrected chi connectivity index (χ0v) is 12.0. The molecule has 0 unspecified atom stereocenters. The molecule has 1 heterocycles. The summed E-state index contributed by atoms with van der Waals surface area (Å²) in [6, 6.07) is 6.45. The Morgan fingerprint density at radius 2 is 2.11 bits per heavy atom. The van der Waals surface area contributed by atoms with Crippen molar-refractivity contribution in [3.63, 3.8) is 0 Å². The predicted molar refractivity (Wildman–Crippen MR) is 75.7 cm³/mol.